The molecule has 0 saturated heterocycles. The first kappa shape index (κ1) is 15.3. The fraction of sp³-hybridized carbons (Fsp3) is 0.250. The summed E-state index contributed by atoms with van der Waals surface area (Å²) in [4.78, 5) is 2.43. The molecule has 0 radical (unpaired) electrons. The Balaban J connectivity index is 1.46. The predicted molar refractivity (Wildman–Crippen MR) is 98.4 cm³/mol. The van der Waals surface area contributed by atoms with E-state index in [1.54, 1.807) is 0 Å². The zero-order valence-electron chi connectivity index (χ0n) is 14.6. The molecule has 0 spiro atoms. The van der Waals surface area contributed by atoms with Crippen molar-refractivity contribution in [3.05, 3.63) is 64.8 Å². The van der Waals surface area contributed by atoms with Crippen LogP contribution in [0.15, 0.2) is 47.1 Å². The van der Waals surface area contributed by atoms with Gasteiger partial charge >= 0.3 is 0 Å². The third-order valence-corrected chi connectivity index (χ3v) is 5.18. The minimum absolute atomic E-state index is 0.809. The lowest BCUT2D eigenvalue weighted by Crippen LogP contribution is -2.30. The molecule has 4 aromatic rings. The summed E-state index contributed by atoms with van der Waals surface area (Å²) >= 11 is 0. The number of H-pyrrole nitrogens is 1. The molecule has 130 valence electrons. The van der Waals surface area contributed by atoms with Crippen molar-refractivity contribution in [2.24, 2.45) is 0 Å². The quantitative estimate of drug-likeness (QED) is 0.615. The Morgan fingerprint density at radius 1 is 1.12 bits per heavy atom. The highest BCUT2D eigenvalue weighted by Gasteiger charge is 2.24. The summed E-state index contributed by atoms with van der Waals surface area (Å²) in [6, 6.07) is 14.4. The molecule has 0 amide bonds. The molecule has 0 saturated carbocycles. The number of aromatic amines is 1. The van der Waals surface area contributed by atoms with Gasteiger partial charge in [-0.1, -0.05) is 36.4 Å². The molecule has 1 aliphatic rings. The van der Waals surface area contributed by atoms with E-state index in [0.717, 1.165) is 48.3 Å². The van der Waals surface area contributed by atoms with Crippen LogP contribution in [0.4, 0.5) is 0 Å². The van der Waals surface area contributed by atoms with E-state index in [9.17, 15) is 0 Å². The Morgan fingerprint density at radius 3 is 2.96 bits per heavy atom. The predicted octanol–water partition coefficient (Wildman–Crippen LogP) is 3.48. The number of hydrogen-bond donors (Lipinski definition) is 1. The van der Waals surface area contributed by atoms with Gasteiger partial charge in [-0.3, -0.25) is 10.00 Å². The van der Waals surface area contributed by atoms with Crippen LogP contribution in [0, 0.1) is 6.92 Å². The Morgan fingerprint density at radius 2 is 2.04 bits per heavy atom. The van der Waals surface area contributed by atoms with Crippen molar-refractivity contribution in [1.82, 2.24) is 25.4 Å². The van der Waals surface area contributed by atoms with Gasteiger partial charge in [-0.05, 0) is 34.4 Å². The summed E-state index contributed by atoms with van der Waals surface area (Å²) in [5.41, 5.74) is 8.88. The molecular formula is C20H19N5O. The maximum absolute atomic E-state index is 4.90. The first-order chi connectivity index (χ1) is 12.8. The Kier molecular flexibility index (Phi) is 3.57. The van der Waals surface area contributed by atoms with Gasteiger partial charge in [0.05, 0.1) is 5.69 Å². The molecule has 1 N–H and O–H groups in total. The molecule has 0 atom stereocenters. The standard InChI is InChI=1S/C20H19N5O/c1-13-5-2-3-7-15(13)20-16-12-25(10-9-17(16)21-22-20)11-14-6-4-8-18-19(14)24-26-23-18/h2-8H,9-12H2,1H3,(H,21,22). The van der Waals surface area contributed by atoms with Gasteiger partial charge in [0.2, 0.25) is 0 Å². The van der Waals surface area contributed by atoms with E-state index < -0.39 is 0 Å². The molecule has 0 fully saturated rings. The van der Waals surface area contributed by atoms with Gasteiger partial charge in [-0.15, -0.1) is 0 Å². The van der Waals surface area contributed by atoms with Crippen LogP contribution in [-0.4, -0.2) is 32.0 Å². The van der Waals surface area contributed by atoms with E-state index in [4.69, 9.17) is 4.63 Å². The average Bonchev–Trinajstić information content (AvgIpc) is 3.29. The van der Waals surface area contributed by atoms with Gasteiger partial charge in [-0.2, -0.15) is 5.10 Å². The van der Waals surface area contributed by atoms with Crippen molar-refractivity contribution in [1.29, 1.82) is 0 Å². The lowest BCUT2D eigenvalue weighted by atomic mass is 9.98. The van der Waals surface area contributed by atoms with E-state index >= 15 is 0 Å². The molecular weight excluding hydrogens is 326 g/mol. The maximum atomic E-state index is 4.90. The van der Waals surface area contributed by atoms with Crippen molar-refractivity contribution in [2.75, 3.05) is 6.54 Å². The van der Waals surface area contributed by atoms with E-state index in [1.807, 2.05) is 12.1 Å². The van der Waals surface area contributed by atoms with Crippen LogP contribution in [0.2, 0.25) is 0 Å². The minimum Gasteiger partial charge on any atom is -0.294 e. The monoisotopic (exact) mass is 345 g/mol. The molecule has 6 heteroatoms. The molecule has 1 aliphatic heterocycles. The minimum atomic E-state index is 0.809. The van der Waals surface area contributed by atoms with Crippen molar-refractivity contribution in [3.63, 3.8) is 0 Å². The molecule has 6 nitrogen and oxygen atoms in total. The fourth-order valence-electron chi connectivity index (χ4n) is 3.78. The summed E-state index contributed by atoms with van der Waals surface area (Å²) in [6.07, 6.45) is 0.973. The van der Waals surface area contributed by atoms with Crippen LogP contribution in [-0.2, 0) is 19.5 Å². The van der Waals surface area contributed by atoms with Gasteiger partial charge in [0.15, 0.2) is 0 Å². The van der Waals surface area contributed by atoms with Crippen LogP contribution in [0.3, 0.4) is 0 Å². The smallest absolute Gasteiger partial charge is 0.139 e. The SMILES string of the molecule is Cc1ccccc1-c1n[nH]c2c1CN(Cc1cccc3nonc13)CC2. The summed E-state index contributed by atoms with van der Waals surface area (Å²) in [5, 5.41) is 15.9. The average molecular weight is 345 g/mol. The zero-order chi connectivity index (χ0) is 17.5. The zero-order valence-corrected chi connectivity index (χ0v) is 14.6. The van der Waals surface area contributed by atoms with Gasteiger partial charge in [0.25, 0.3) is 0 Å². The third-order valence-electron chi connectivity index (χ3n) is 5.18. The number of hydrogen-bond acceptors (Lipinski definition) is 5. The molecule has 5 rings (SSSR count). The van der Waals surface area contributed by atoms with Crippen LogP contribution in [0.25, 0.3) is 22.3 Å². The highest BCUT2D eigenvalue weighted by Crippen LogP contribution is 2.31. The molecule has 2 aromatic carbocycles. The largest absolute Gasteiger partial charge is 0.294 e. The third kappa shape index (κ3) is 2.50. The number of fused-ring (bicyclic) bond motifs is 2. The van der Waals surface area contributed by atoms with Crippen LogP contribution in [0.1, 0.15) is 22.4 Å². The van der Waals surface area contributed by atoms with Gasteiger partial charge in [0, 0.05) is 42.9 Å². The number of benzene rings is 2. The van der Waals surface area contributed by atoms with Crippen LogP contribution >= 0.6 is 0 Å². The second kappa shape index (κ2) is 6.07. The Hall–Kier alpha value is -2.99. The van der Waals surface area contributed by atoms with Crippen molar-refractivity contribution in [3.8, 4) is 11.3 Å². The normalized spacial score (nSPS) is 14.7. The second-order valence-electron chi connectivity index (χ2n) is 6.85. The first-order valence-corrected chi connectivity index (χ1v) is 8.84. The summed E-state index contributed by atoms with van der Waals surface area (Å²) in [7, 11) is 0. The molecule has 0 unspecified atom stereocenters. The lowest BCUT2D eigenvalue weighted by Gasteiger charge is -2.27. The van der Waals surface area contributed by atoms with E-state index in [0.29, 0.717) is 0 Å². The Bertz CT molecular complexity index is 1080. The van der Waals surface area contributed by atoms with Crippen molar-refractivity contribution < 1.29 is 4.63 Å². The van der Waals surface area contributed by atoms with E-state index in [2.05, 4.69) is 62.7 Å². The number of nitrogens with one attached hydrogen (secondary N) is 1. The molecule has 0 bridgehead atoms. The van der Waals surface area contributed by atoms with Crippen LogP contribution in [0.5, 0.6) is 0 Å². The number of nitrogens with zero attached hydrogens (tertiary/aromatic N) is 4. The van der Waals surface area contributed by atoms with Gasteiger partial charge in [0.1, 0.15) is 11.0 Å². The van der Waals surface area contributed by atoms with Crippen molar-refractivity contribution >= 4 is 11.0 Å². The number of aryl methyl sites for hydroxylation is 1. The molecule has 2 aromatic heterocycles. The van der Waals surface area contributed by atoms with Gasteiger partial charge < -0.3 is 0 Å². The Labute approximate surface area is 150 Å². The molecule has 3 heterocycles. The number of aromatic nitrogens is 4. The highest BCUT2D eigenvalue weighted by atomic mass is 16.6. The van der Waals surface area contributed by atoms with Crippen LogP contribution < -0.4 is 0 Å². The van der Waals surface area contributed by atoms with Gasteiger partial charge in [-0.25, -0.2) is 4.63 Å². The first-order valence-electron chi connectivity index (χ1n) is 8.84. The number of rotatable bonds is 3. The summed E-state index contributed by atoms with van der Waals surface area (Å²) in [6.45, 7) is 4.82. The lowest BCUT2D eigenvalue weighted by molar-refractivity contribution is 0.245. The second-order valence-corrected chi connectivity index (χ2v) is 6.85. The van der Waals surface area contributed by atoms with E-state index in [1.165, 1.54) is 22.4 Å². The maximum Gasteiger partial charge on any atom is 0.139 e. The van der Waals surface area contributed by atoms with Crippen molar-refractivity contribution in [2.45, 2.75) is 26.4 Å². The summed E-state index contributed by atoms with van der Waals surface area (Å²) < 4.78 is 4.90. The highest BCUT2D eigenvalue weighted by molar-refractivity contribution is 5.76. The molecule has 26 heavy (non-hydrogen) atoms. The topological polar surface area (TPSA) is 70.8 Å². The molecule has 0 aliphatic carbocycles. The van der Waals surface area contributed by atoms with E-state index in [-0.39, 0.29) is 0 Å². The fourth-order valence-corrected chi connectivity index (χ4v) is 3.78. The summed E-state index contributed by atoms with van der Waals surface area (Å²) in [5.74, 6) is 0.